The van der Waals surface area contributed by atoms with Crippen molar-refractivity contribution in [3.63, 3.8) is 0 Å². The van der Waals surface area contributed by atoms with Crippen LogP contribution in [-0.4, -0.2) is 48.5 Å². The molecule has 0 amide bonds. The highest BCUT2D eigenvalue weighted by Gasteiger charge is 2.37. The van der Waals surface area contributed by atoms with Gasteiger partial charge in [-0.25, -0.2) is 15.0 Å². The summed E-state index contributed by atoms with van der Waals surface area (Å²) in [5.74, 6) is 0.881. The molecule has 0 unspecified atom stereocenters. The second-order valence-electron chi connectivity index (χ2n) is 8.87. The third kappa shape index (κ3) is 3.91. The van der Waals surface area contributed by atoms with Gasteiger partial charge in [-0.1, -0.05) is 78.9 Å². The topological polar surface area (TPSA) is 119 Å². The van der Waals surface area contributed by atoms with Gasteiger partial charge in [-0.05, 0) is 22.3 Å². The highest BCUT2D eigenvalue weighted by molar-refractivity contribution is 5.85. The molecule has 2 aromatic heterocycles. The van der Waals surface area contributed by atoms with Crippen molar-refractivity contribution in [3.05, 3.63) is 85.2 Å². The van der Waals surface area contributed by atoms with Crippen LogP contribution in [0.5, 0.6) is 0 Å². The molecule has 0 saturated carbocycles. The zero-order valence-corrected chi connectivity index (χ0v) is 19.4. The van der Waals surface area contributed by atoms with Crippen molar-refractivity contribution in [1.29, 1.82) is 0 Å². The number of benzene rings is 3. The number of imidazole rings is 1. The molecule has 36 heavy (non-hydrogen) atoms. The van der Waals surface area contributed by atoms with E-state index in [4.69, 9.17) is 15.5 Å². The Balaban J connectivity index is 1.36. The van der Waals surface area contributed by atoms with Gasteiger partial charge in [0.1, 0.15) is 24.5 Å². The number of aromatic nitrogens is 4. The number of hydrogen-bond acceptors (Lipinski definition) is 7. The molecule has 1 fully saturated rings. The van der Waals surface area contributed by atoms with Crippen LogP contribution >= 0.6 is 0 Å². The summed E-state index contributed by atoms with van der Waals surface area (Å²) in [6.07, 6.45) is -0.306. The largest absolute Gasteiger partial charge is 0.394 e. The number of hydrogen-bond donors (Lipinski definition) is 3. The zero-order valence-electron chi connectivity index (χ0n) is 19.4. The standard InChI is InChI=1S/C28H25N5O3/c29-26-25-28(31-16-30-26)33(24-14-22(35)23(15-34)36-24)27(32-25)21-12-10-20(11-13-21)19-8-6-18(7-9-19)17-4-2-1-3-5-17/h1-13,16,22-24,34-35H,14-15H2,(H2,29,30,31)/t22-,23+,24+/m0/s1. The third-order valence-electron chi connectivity index (χ3n) is 6.65. The van der Waals surface area contributed by atoms with Crippen LogP contribution in [0.2, 0.25) is 0 Å². The number of aliphatic hydroxyl groups is 2. The Morgan fingerprint density at radius 2 is 1.42 bits per heavy atom. The first kappa shape index (κ1) is 22.4. The molecule has 4 N–H and O–H groups in total. The van der Waals surface area contributed by atoms with E-state index in [1.807, 2.05) is 47.0 Å². The van der Waals surface area contributed by atoms with Crippen molar-refractivity contribution in [1.82, 2.24) is 19.5 Å². The van der Waals surface area contributed by atoms with Crippen molar-refractivity contribution >= 4 is 17.0 Å². The molecule has 5 aromatic rings. The number of fused-ring (bicyclic) bond motifs is 1. The van der Waals surface area contributed by atoms with Crippen molar-refractivity contribution in [3.8, 4) is 33.6 Å². The van der Waals surface area contributed by atoms with Crippen LogP contribution in [0.25, 0.3) is 44.8 Å². The molecule has 0 aliphatic carbocycles. The highest BCUT2D eigenvalue weighted by Crippen LogP contribution is 2.37. The molecule has 1 aliphatic rings. The fourth-order valence-corrected chi connectivity index (χ4v) is 4.74. The minimum atomic E-state index is -0.786. The highest BCUT2D eigenvalue weighted by atomic mass is 16.5. The fraction of sp³-hybridized carbons (Fsp3) is 0.179. The van der Waals surface area contributed by atoms with E-state index in [0.717, 1.165) is 16.7 Å². The van der Waals surface area contributed by atoms with E-state index in [-0.39, 0.29) is 12.4 Å². The van der Waals surface area contributed by atoms with Gasteiger partial charge in [-0.2, -0.15) is 0 Å². The maximum atomic E-state index is 10.3. The predicted molar refractivity (Wildman–Crippen MR) is 138 cm³/mol. The van der Waals surface area contributed by atoms with Crippen molar-refractivity contribution in [2.75, 3.05) is 12.3 Å². The van der Waals surface area contributed by atoms with Gasteiger partial charge in [-0.3, -0.25) is 4.57 Å². The summed E-state index contributed by atoms with van der Waals surface area (Å²) in [5, 5.41) is 19.9. The Morgan fingerprint density at radius 1 is 0.833 bits per heavy atom. The van der Waals surface area contributed by atoms with E-state index in [0.29, 0.717) is 23.4 Å². The van der Waals surface area contributed by atoms with E-state index in [1.54, 1.807) is 0 Å². The van der Waals surface area contributed by atoms with Crippen LogP contribution in [0.4, 0.5) is 5.82 Å². The summed E-state index contributed by atoms with van der Waals surface area (Å²) >= 11 is 0. The second kappa shape index (κ2) is 9.16. The molecule has 6 rings (SSSR count). The lowest BCUT2D eigenvalue weighted by molar-refractivity contribution is -0.0426. The second-order valence-corrected chi connectivity index (χ2v) is 8.87. The maximum absolute atomic E-state index is 10.3. The summed E-state index contributed by atoms with van der Waals surface area (Å²) in [5.41, 5.74) is 12.5. The lowest BCUT2D eigenvalue weighted by atomic mass is 9.99. The molecule has 0 radical (unpaired) electrons. The first-order chi connectivity index (χ1) is 17.6. The summed E-state index contributed by atoms with van der Waals surface area (Å²) < 4.78 is 7.77. The van der Waals surface area contributed by atoms with Gasteiger partial charge in [0.15, 0.2) is 17.0 Å². The number of nitrogen functional groups attached to an aromatic ring is 1. The summed E-state index contributed by atoms with van der Waals surface area (Å²) in [4.78, 5) is 13.2. The van der Waals surface area contributed by atoms with E-state index in [2.05, 4.69) is 46.4 Å². The Morgan fingerprint density at radius 3 is 2.00 bits per heavy atom. The lowest BCUT2D eigenvalue weighted by Crippen LogP contribution is -2.24. The quantitative estimate of drug-likeness (QED) is 0.348. The third-order valence-corrected chi connectivity index (χ3v) is 6.65. The molecule has 180 valence electrons. The van der Waals surface area contributed by atoms with E-state index < -0.39 is 18.4 Å². The zero-order chi connectivity index (χ0) is 24.6. The smallest absolute Gasteiger partial charge is 0.168 e. The van der Waals surface area contributed by atoms with Gasteiger partial charge in [0, 0.05) is 12.0 Å². The van der Waals surface area contributed by atoms with E-state index in [1.165, 1.54) is 17.5 Å². The Labute approximate surface area is 207 Å². The van der Waals surface area contributed by atoms with Crippen LogP contribution < -0.4 is 5.73 Å². The number of nitrogens with two attached hydrogens (primary N) is 1. The SMILES string of the molecule is Nc1ncnc2c1nc(-c1ccc(-c3ccc(-c4ccccc4)cc3)cc1)n2[C@H]1C[C@H](O)[C@@H](CO)O1. The van der Waals surface area contributed by atoms with Gasteiger partial charge in [0.05, 0.1) is 12.7 Å². The number of nitrogens with zero attached hydrogens (tertiary/aromatic N) is 4. The molecular formula is C28H25N5O3. The van der Waals surface area contributed by atoms with Crippen LogP contribution in [0.1, 0.15) is 12.6 Å². The van der Waals surface area contributed by atoms with Crippen molar-refractivity contribution in [2.24, 2.45) is 0 Å². The molecule has 0 bridgehead atoms. The van der Waals surface area contributed by atoms with Gasteiger partial charge >= 0.3 is 0 Å². The minimum absolute atomic E-state index is 0.269. The Kier molecular flexibility index (Phi) is 5.69. The number of aliphatic hydroxyl groups excluding tert-OH is 2. The normalized spacial score (nSPS) is 19.7. The van der Waals surface area contributed by atoms with Crippen LogP contribution in [0.3, 0.4) is 0 Å². The molecule has 3 atom stereocenters. The molecular weight excluding hydrogens is 454 g/mol. The lowest BCUT2D eigenvalue weighted by Gasteiger charge is -2.17. The molecule has 1 aliphatic heterocycles. The summed E-state index contributed by atoms with van der Waals surface area (Å²) in [6.45, 7) is -0.269. The fourth-order valence-electron chi connectivity index (χ4n) is 4.74. The minimum Gasteiger partial charge on any atom is -0.394 e. The Hall–Kier alpha value is -4.11. The summed E-state index contributed by atoms with van der Waals surface area (Å²) in [6, 6.07) is 26.9. The van der Waals surface area contributed by atoms with Crippen molar-refractivity contribution < 1.29 is 14.9 Å². The summed E-state index contributed by atoms with van der Waals surface area (Å²) in [7, 11) is 0. The molecule has 8 nitrogen and oxygen atoms in total. The van der Waals surface area contributed by atoms with Gasteiger partial charge in [-0.15, -0.1) is 0 Å². The predicted octanol–water partition coefficient (Wildman–Crippen LogP) is 4.05. The molecule has 8 heteroatoms. The maximum Gasteiger partial charge on any atom is 0.168 e. The first-order valence-corrected chi connectivity index (χ1v) is 11.8. The first-order valence-electron chi connectivity index (χ1n) is 11.8. The van der Waals surface area contributed by atoms with E-state index >= 15 is 0 Å². The molecule has 3 aromatic carbocycles. The average Bonchev–Trinajstić information content (AvgIpc) is 3.50. The molecule has 0 spiro atoms. The average molecular weight is 480 g/mol. The van der Waals surface area contributed by atoms with Gasteiger partial charge in [0.25, 0.3) is 0 Å². The number of rotatable bonds is 5. The number of anilines is 1. The van der Waals surface area contributed by atoms with E-state index in [9.17, 15) is 10.2 Å². The van der Waals surface area contributed by atoms with Crippen LogP contribution in [0.15, 0.2) is 85.2 Å². The van der Waals surface area contributed by atoms with Crippen LogP contribution in [0, 0.1) is 0 Å². The van der Waals surface area contributed by atoms with Gasteiger partial charge in [0.2, 0.25) is 0 Å². The monoisotopic (exact) mass is 479 g/mol. The van der Waals surface area contributed by atoms with Crippen LogP contribution in [-0.2, 0) is 4.74 Å². The van der Waals surface area contributed by atoms with Gasteiger partial charge < -0.3 is 20.7 Å². The molecule has 1 saturated heterocycles. The molecule has 3 heterocycles. The Bertz CT molecular complexity index is 1500. The van der Waals surface area contributed by atoms with Crippen molar-refractivity contribution in [2.45, 2.75) is 24.9 Å². The number of ether oxygens (including phenoxy) is 1.